The van der Waals surface area contributed by atoms with Gasteiger partial charge in [0, 0.05) is 37.4 Å². The van der Waals surface area contributed by atoms with E-state index >= 15 is 0 Å². The zero-order valence-corrected chi connectivity index (χ0v) is 19.5. The maximum atomic E-state index is 13.8. The number of nitrogens with zero attached hydrogens (tertiary/aromatic N) is 4. The molecule has 7 nitrogen and oxygen atoms in total. The smallest absolute Gasteiger partial charge is 0.417 e. The normalized spacial score (nSPS) is 21.5. The average molecular weight is 486 g/mol. The molecular formula is C25H26F3N5O2. The number of piperidine rings is 1. The molecule has 3 aromatic rings. The lowest BCUT2D eigenvalue weighted by Gasteiger charge is -2.35. The van der Waals surface area contributed by atoms with Crippen molar-refractivity contribution in [3.05, 3.63) is 59.4 Å². The summed E-state index contributed by atoms with van der Waals surface area (Å²) in [4.78, 5) is 28.4. The highest BCUT2D eigenvalue weighted by atomic mass is 19.4. The fourth-order valence-corrected chi connectivity index (χ4v) is 4.66. The summed E-state index contributed by atoms with van der Waals surface area (Å²) in [5.41, 5.74) is 0.763. The first-order valence-electron chi connectivity index (χ1n) is 11.7. The van der Waals surface area contributed by atoms with Gasteiger partial charge in [0.05, 0.1) is 17.3 Å². The number of oxazole rings is 1. The summed E-state index contributed by atoms with van der Waals surface area (Å²) >= 11 is 0. The minimum absolute atomic E-state index is 0.138. The molecule has 0 bridgehead atoms. The largest absolute Gasteiger partial charge is 0.441 e. The Kier molecular flexibility index (Phi) is 5.98. The topological polar surface area (TPSA) is 84.2 Å². The van der Waals surface area contributed by atoms with Crippen molar-refractivity contribution in [2.45, 2.75) is 45.3 Å². The van der Waals surface area contributed by atoms with Crippen LogP contribution >= 0.6 is 0 Å². The van der Waals surface area contributed by atoms with Gasteiger partial charge in [-0.2, -0.15) is 13.2 Å². The molecule has 10 heteroatoms. The van der Waals surface area contributed by atoms with Gasteiger partial charge in [-0.15, -0.1) is 0 Å². The molecule has 1 saturated carbocycles. The van der Waals surface area contributed by atoms with E-state index in [0.717, 1.165) is 30.9 Å². The van der Waals surface area contributed by atoms with Crippen molar-refractivity contribution in [1.29, 1.82) is 0 Å². The average Bonchev–Trinajstić information content (AvgIpc) is 3.44. The van der Waals surface area contributed by atoms with E-state index in [1.807, 2.05) is 30.9 Å². The number of aromatic nitrogens is 3. The molecule has 1 saturated heterocycles. The Bertz CT molecular complexity index is 1220. The number of pyridine rings is 2. The van der Waals surface area contributed by atoms with Crippen LogP contribution in [-0.4, -0.2) is 44.9 Å². The first-order valence-corrected chi connectivity index (χ1v) is 11.7. The van der Waals surface area contributed by atoms with Gasteiger partial charge in [0.25, 0.3) is 5.91 Å². The molecular weight excluding hydrogens is 459 g/mol. The number of halogens is 3. The van der Waals surface area contributed by atoms with Crippen molar-refractivity contribution < 1.29 is 22.4 Å². The fourth-order valence-electron chi connectivity index (χ4n) is 4.66. The van der Waals surface area contributed by atoms with Crippen LogP contribution in [0.3, 0.4) is 0 Å². The third kappa shape index (κ3) is 4.87. The quantitative estimate of drug-likeness (QED) is 0.530. The van der Waals surface area contributed by atoms with Gasteiger partial charge < -0.3 is 14.6 Å². The molecule has 35 heavy (non-hydrogen) atoms. The Morgan fingerprint density at radius 1 is 1.14 bits per heavy atom. The van der Waals surface area contributed by atoms with E-state index in [4.69, 9.17) is 4.42 Å². The van der Waals surface area contributed by atoms with E-state index in [-0.39, 0.29) is 11.9 Å². The Balaban J connectivity index is 1.37. The Hall–Kier alpha value is -3.43. The maximum Gasteiger partial charge on any atom is 0.417 e. The van der Waals surface area contributed by atoms with Gasteiger partial charge in [-0.05, 0) is 55.9 Å². The first-order chi connectivity index (χ1) is 16.7. The summed E-state index contributed by atoms with van der Waals surface area (Å²) in [6, 6.07) is 5.81. The predicted molar refractivity (Wildman–Crippen MR) is 123 cm³/mol. The van der Waals surface area contributed by atoms with Gasteiger partial charge >= 0.3 is 6.18 Å². The van der Waals surface area contributed by atoms with Crippen molar-refractivity contribution in [3.8, 4) is 11.5 Å². The molecule has 4 heterocycles. The van der Waals surface area contributed by atoms with Crippen LogP contribution in [0.4, 0.5) is 19.0 Å². The van der Waals surface area contributed by atoms with Crippen molar-refractivity contribution in [3.63, 3.8) is 0 Å². The molecule has 0 spiro atoms. The number of hydrogen-bond acceptors (Lipinski definition) is 6. The van der Waals surface area contributed by atoms with E-state index in [2.05, 4.69) is 20.3 Å². The minimum atomic E-state index is -4.43. The molecule has 1 N–H and O–H groups in total. The molecule has 1 unspecified atom stereocenters. The number of carbonyl (C=O) groups excluding carboxylic acids is 1. The number of rotatable bonds is 6. The summed E-state index contributed by atoms with van der Waals surface area (Å²) in [5.74, 6) is 2.27. The van der Waals surface area contributed by atoms with Gasteiger partial charge in [0.1, 0.15) is 17.3 Å². The van der Waals surface area contributed by atoms with Gasteiger partial charge in [0.2, 0.25) is 5.89 Å². The summed E-state index contributed by atoms with van der Waals surface area (Å²) in [5, 5.41) is 3.11. The molecule has 5 rings (SSSR count). The van der Waals surface area contributed by atoms with Crippen LogP contribution < -0.4 is 5.32 Å². The minimum Gasteiger partial charge on any atom is -0.441 e. The van der Waals surface area contributed by atoms with Gasteiger partial charge in [-0.25, -0.2) is 15.0 Å². The van der Waals surface area contributed by atoms with Crippen LogP contribution in [0.25, 0.3) is 11.5 Å². The zero-order valence-electron chi connectivity index (χ0n) is 19.5. The van der Waals surface area contributed by atoms with Gasteiger partial charge in [0.15, 0.2) is 0 Å². The number of hydrogen-bond donors (Lipinski definition) is 1. The van der Waals surface area contributed by atoms with Crippen LogP contribution in [0, 0.1) is 18.8 Å². The van der Waals surface area contributed by atoms with Gasteiger partial charge in [-0.1, -0.05) is 6.92 Å². The first kappa shape index (κ1) is 23.3. The molecule has 1 aliphatic carbocycles. The molecule has 2 aliphatic rings. The van der Waals surface area contributed by atoms with Crippen molar-refractivity contribution >= 4 is 11.7 Å². The van der Waals surface area contributed by atoms with Gasteiger partial charge in [-0.3, -0.25) is 4.79 Å². The van der Waals surface area contributed by atoms with Crippen LogP contribution in [-0.2, 0) is 12.6 Å². The lowest BCUT2D eigenvalue weighted by Crippen LogP contribution is -2.48. The predicted octanol–water partition coefficient (Wildman–Crippen LogP) is 4.98. The van der Waals surface area contributed by atoms with Crippen LogP contribution in [0.2, 0.25) is 0 Å². The summed E-state index contributed by atoms with van der Waals surface area (Å²) < 4.78 is 44.3. The maximum absolute atomic E-state index is 13.8. The number of amides is 1. The number of likely N-dealkylation sites (tertiary alicyclic amines) is 1. The molecule has 3 aromatic heterocycles. The van der Waals surface area contributed by atoms with Crippen molar-refractivity contribution in [1.82, 2.24) is 19.9 Å². The standard InChI is InChI=1S/C25H26F3N5O2/c1-3-19-12-31-23(35-19)20-6-4-14(2)32-22(20)24(34)33-13-16-8-15(16)9-18(33)11-30-21-7-5-17(10-29-21)25(26,27)28/h4-7,10,12,15-16,18H,3,8-9,11,13H2,1-2H3,(H,29,30)/t15-,16+,18?/m1/s1. The molecule has 2 fully saturated rings. The van der Waals surface area contributed by atoms with E-state index in [1.165, 1.54) is 6.07 Å². The number of anilines is 1. The zero-order chi connectivity index (χ0) is 24.7. The highest BCUT2D eigenvalue weighted by molar-refractivity contribution is 5.98. The van der Waals surface area contributed by atoms with Crippen LogP contribution in [0.15, 0.2) is 41.1 Å². The number of fused-ring (bicyclic) bond motifs is 1. The van der Waals surface area contributed by atoms with E-state index in [9.17, 15) is 18.0 Å². The highest BCUT2D eigenvalue weighted by Crippen LogP contribution is 2.47. The highest BCUT2D eigenvalue weighted by Gasteiger charge is 2.47. The number of carbonyl (C=O) groups is 1. The van der Waals surface area contributed by atoms with Crippen molar-refractivity contribution in [2.24, 2.45) is 11.8 Å². The third-order valence-corrected chi connectivity index (χ3v) is 6.76. The number of alkyl halides is 3. The lowest BCUT2D eigenvalue weighted by atomic mass is 10.0. The second kappa shape index (κ2) is 8.98. The SMILES string of the molecule is CCc1cnc(-c2ccc(C)nc2C(=O)N2C[C@@H]3C[C@@H]3CC2CNc2ccc(C(F)(F)F)cn2)o1. The second-order valence-electron chi connectivity index (χ2n) is 9.25. The van der Waals surface area contributed by atoms with Crippen molar-refractivity contribution in [2.75, 3.05) is 18.4 Å². The van der Waals surface area contributed by atoms with E-state index < -0.39 is 11.7 Å². The van der Waals surface area contributed by atoms with E-state index in [1.54, 1.807) is 6.20 Å². The Morgan fingerprint density at radius 2 is 1.97 bits per heavy atom. The molecule has 0 radical (unpaired) electrons. The molecule has 184 valence electrons. The fraction of sp³-hybridized carbons (Fsp3) is 0.440. The monoisotopic (exact) mass is 485 g/mol. The molecule has 1 aliphatic heterocycles. The Morgan fingerprint density at radius 3 is 2.66 bits per heavy atom. The summed E-state index contributed by atoms with van der Waals surface area (Å²) in [6.45, 7) is 4.80. The summed E-state index contributed by atoms with van der Waals surface area (Å²) in [6.07, 6.45) is 0.626. The molecule has 3 atom stereocenters. The molecule has 1 amide bonds. The van der Waals surface area contributed by atoms with E-state index in [0.29, 0.717) is 60.0 Å². The van der Waals surface area contributed by atoms with Crippen LogP contribution in [0.1, 0.15) is 47.3 Å². The second-order valence-corrected chi connectivity index (χ2v) is 9.25. The number of nitrogens with one attached hydrogen (secondary N) is 1. The Labute approximate surface area is 200 Å². The lowest BCUT2D eigenvalue weighted by molar-refractivity contribution is -0.137. The van der Waals surface area contributed by atoms with Crippen LogP contribution in [0.5, 0.6) is 0 Å². The molecule has 0 aromatic carbocycles. The third-order valence-electron chi connectivity index (χ3n) is 6.76. The summed E-state index contributed by atoms with van der Waals surface area (Å²) in [7, 11) is 0. The number of aryl methyl sites for hydroxylation is 2.